The van der Waals surface area contributed by atoms with Gasteiger partial charge in [-0.05, 0) is 12.8 Å². The smallest absolute Gasteiger partial charge is 0.223 e. The molecule has 1 aliphatic heterocycles. The van der Waals surface area contributed by atoms with Gasteiger partial charge in [-0.15, -0.1) is 0 Å². The van der Waals surface area contributed by atoms with Gasteiger partial charge in [0.15, 0.2) is 0 Å². The zero-order valence-corrected chi connectivity index (χ0v) is 14.2. The van der Waals surface area contributed by atoms with Crippen LogP contribution in [0.1, 0.15) is 32.1 Å². The summed E-state index contributed by atoms with van der Waals surface area (Å²) in [6, 6.07) is 1.95. The highest BCUT2D eigenvalue weighted by Crippen LogP contribution is 2.23. The van der Waals surface area contributed by atoms with Crippen LogP contribution in [0.3, 0.4) is 0 Å². The molecule has 1 amide bonds. The first-order valence-corrected chi connectivity index (χ1v) is 8.99. The fraction of sp³-hybridized carbons (Fsp3) is 0.706. The number of amides is 1. The zero-order valence-electron chi connectivity index (χ0n) is 14.2. The molecule has 2 heterocycles. The molecule has 1 aliphatic carbocycles. The number of nitrogens with zero attached hydrogens (tertiary/aromatic N) is 3. The molecule has 0 aromatic carbocycles. The molecule has 1 aromatic heterocycles. The number of carbonyl (C=O) groups is 1. The Kier molecular flexibility index (Phi) is 6.23. The van der Waals surface area contributed by atoms with Crippen LogP contribution in [0.15, 0.2) is 12.4 Å². The van der Waals surface area contributed by atoms with Crippen LogP contribution in [0.4, 0.5) is 11.6 Å². The molecular weight excluding hydrogens is 306 g/mol. The van der Waals surface area contributed by atoms with Crippen LogP contribution in [-0.4, -0.2) is 55.3 Å². The third-order valence-corrected chi connectivity index (χ3v) is 4.69. The SMILES string of the molecule is O=C(NCCNc1cc(N2CCOCC2)ncn1)C1CCCCC1. The van der Waals surface area contributed by atoms with Crippen molar-refractivity contribution in [2.45, 2.75) is 32.1 Å². The van der Waals surface area contributed by atoms with E-state index in [4.69, 9.17) is 4.74 Å². The van der Waals surface area contributed by atoms with Crippen molar-refractivity contribution in [3.8, 4) is 0 Å². The lowest BCUT2D eigenvalue weighted by Gasteiger charge is -2.27. The van der Waals surface area contributed by atoms with Crippen LogP contribution in [0, 0.1) is 5.92 Å². The minimum atomic E-state index is 0.202. The molecule has 1 saturated carbocycles. The van der Waals surface area contributed by atoms with Gasteiger partial charge in [0.2, 0.25) is 5.91 Å². The van der Waals surface area contributed by atoms with Crippen molar-refractivity contribution in [2.24, 2.45) is 5.92 Å². The van der Waals surface area contributed by atoms with Crippen LogP contribution < -0.4 is 15.5 Å². The van der Waals surface area contributed by atoms with Crippen molar-refractivity contribution in [3.63, 3.8) is 0 Å². The topological polar surface area (TPSA) is 79.4 Å². The van der Waals surface area contributed by atoms with E-state index in [0.717, 1.165) is 50.8 Å². The van der Waals surface area contributed by atoms with Crippen molar-refractivity contribution in [3.05, 3.63) is 12.4 Å². The number of hydrogen-bond acceptors (Lipinski definition) is 6. The van der Waals surface area contributed by atoms with E-state index in [9.17, 15) is 4.79 Å². The maximum absolute atomic E-state index is 12.1. The molecule has 1 aromatic rings. The third kappa shape index (κ3) is 4.80. The second-order valence-corrected chi connectivity index (χ2v) is 6.41. The third-order valence-electron chi connectivity index (χ3n) is 4.69. The molecule has 7 heteroatoms. The molecule has 0 unspecified atom stereocenters. The minimum Gasteiger partial charge on any atom is -0.378 e. The van der Waals surface area contributed by atoms with Crippen LogP contribution in [0.2, 0.25) is 0 Å². The number of rotatable bonds is 6. The number of carbonyl (C=O) groups excluding carboxylic acids is 1. The largest absolute Gasteiger partial charge is 0.378 e. The Morgan fingerprint density at radius 1 is 1.17 bits per heavy atom. The predicted molar refractivity (Wildman–Crippen MR) is 93.1 cm³/mol. The molecule has 2 aliphatic rings. The molecule has 24 heavy (non-hydrogen) atoms. The number of morpholine rings is 1. The van der Waals surface area contributed by atoms with Crippen LogP contribution in [-0.2, 0) is 9.53 Å². The van der Waals surface area contributed by atoms with Gasteiger partial charge in [-0.1, -0.05) is 19.3 Å². The summed E-state index contributed by atoms with van der Waals surface area (Å²) < 4.78 is 5.36. The molecule has 1 saturated heterocycles. The summed E-state index contributed by atoms with van der Waals surface area (Å²) in [6.07, 6.45) is 7.28. The highest BCUT2D eigenvalue weighted by Gasteiger charge is 2.20. The maximum Gasteiger partial charge on any atom is 0.223 e. The van der Waals surface area contributed by atoms with Crippen molar-refractivity contribution >= 4 is 17.5 Å². The number of aromatic nitrogens is 2. The molecule has 2 N–H and O–H groups in total. The lowest BCUT2D eigenvalue weighted by atomic mass is 9.89. The average Bonchev–Trinajstić information content (AvgIpc) is 2.67. The zero-order chi connectivity index (χ0) is 16.6. The standard InChI is InChI=1S/C17H27N5O2/c23-17(14-4-2-1-3-5-14)19-7-6-18-15-12-16(21-13-20-15)22-8-10-24-11-9-22/h12-14H,1-11H2,(H,19,23)(H,18,20,21). The van der Waals surface area contributed by atoms with Gasteiger partial charge in [0.25, 0.3) is 0 Å². The maximum atomic E-state index is 12.1. The van der Waals surface area contributed by atoms with Gasteiger partial charge in [-0.3, -0.25) is 4.79 Å². The van der Waals surface area contributed by atoms with E-state index in [0.29, 0.717) is 13.1 Å². The minimum absolute atomic E-state index is 0.202. The first kappa shape index (κ1) is 17.0. The Morgan fingerprint density at radius 2 is 1.96 bits per heavy atom. The quantitative estimate of drug-likeness (QED) is 0.767. The average molecular weight is 333 g/mol. The molecule has 7 nitrogen and oxygen atoms in total. The van der Waals surface area contributed by atoms with Gasteiger partial charge in [0, 0.05) is 38.2 Å². The Labute approximate surface area is 143 Å². The van der Waals surface area contributed by atoms with E-state index < -0.39 is 0 Å². The van der Waals surface area contributed by atoms with E-state index in [1.165, 1.54) is 19.3 Å². The summed E-state index contributed by atoms with van der Waals surface area (Å²) in [7, 11) is 0. The number of anilines is 2. The van der Waals surface area contributed by atoms with Gasteiger partial charge in [0.1, 0.15) is 18.0 Å². The van der Waals surface area contributed by atoms with Gasteiger partial charge < -0.3 is 20.3 Å². The lowest BCUT2D eigenvalue weighted by Crippen LogP contribution is -2.37. The Bertz CT molecular complexity index is 527. The summed E-state index contributed by atoms with van der Waals surface area (Å²) in [5.74, 6) is 2.12. The number of nitrogens with one attached hydrogen (secondary N) is 2. The number of hydrogen-bond donors (Lipinski definition) is 2. The second kappa shape index (κ2) is 8.82. The monoisotopic (exact) mass is 333 g/mol. The summed E-state index contributed by atoms with van der Waals surface area (Å²) in [5.41, 5.74) is 0. The molecule has 0 spiro atoms. The molecule has 0 atom stereocenters. The van der Waals surface area contributed by atoms with Gasteiger partial charge in [-0.2, -0.15) is 0 Å². The fourth-order valence-electron chi connectivity index (χ4n) is 3.29. The highest BCUT2D eigenvalue weighted by molar-refractivity contribution is 5.78. The second-order valence-electron chi connectivity index (χ2n) is 6.41. The Morgan fingerprint density at radius 3 is 2.75 bits per heavy atom. The van der Waals surface area contributed by atoms with Crippen LogP contribution >= 0.6 is 0 Å². The normalized spacial score (nSPS) is 19.1. The summed E-state index contributed by atoms with van der Waals surface area (Å²) in [6.45, 7) is 4.46. The number of ether oxygens (including phenoxy) is 1. The summed E-state index contributed by atoms with van der Waals surface area (Å²) in [5, 5.41) is 6.29. The van der Waals surface area contributed by atoms with E-state index in [2.05, 4.69) is 25.5 Å². The van der Waals surface area contributed by atoms with Crippen LogP contribution in [0.5, 0.6) is 0 Å². The van der Waals surface area contributed by atoms with E-state index >= 15 is 0 Å². The van der Waals surface area contributed by atoms with Gasteiger partial charge in [-0.25, -0.2) is 9.97 Å². The molecule has 0 radical (unpaired) electrons. The van der Waals surface area contributed by atoms with Crippen molar-refractivity contribution in [1.82, 2.24) is 15.3 Å². The van der Waals surface area contributed by atoms with Crippen molar-refractivity contribution in [2.75, 3.05) is 49.6 Å². The molecule has 132 valence electrons. The fourth-order valence-corrected chi connectivity index (χ4v) is 3.29. The summed E-state index contributed by atoms with van der Waals surface area (Å²) >= 11 is 0. The van der Waals surface area contributed by atoms with Crippen molar-refractivity contribution < 1.29 is 9.53 Å². The van der Waals surface area contributed by atoms with E-state index in [-0.39, 0.29) is 11.8 Å². The molecule has 2 fully saturated rings. The van der Waals surface area contributed by atoms with Gasteiger partial charge in [0.05, 0.1) is 13.2 Å². The van der Waals surface area contributed by atoms with Crippen LogP contribution in [0.25, 0.3) is 0 Å². The lowest BCUT2D eigenvalue weighted by molar-refractivity contribution is -0.125. The molecule has 0 bridgehead atoms. The van der Waals surface area contributed by atoms with Crippen molar-refractivity contribution in [1.29, 1.82) is 0 Å². The van der Waals surface area contributed by atoms with Gasteiger partial charge >= 0.3 is 0 Å². The predicted octanol–water partition coefficient (Wildman–Crippen LogP) is 1.42. The van der Waals surface area contributed by atoms with E-state index in [1.54, 1.807) is 6.33 Å². The summed E-state index contributed by atoms with van der Waals surface area (Å²) in [4.78, 5) is 22.9. The molecular formula is C17H27N5O2. The Hall–Kier alpha value is -1.89. The Balaban J connectivity index is 1.40. The molecule has 3 rings (SSSR count). The first-order chi connectivity index (χ1) is 11.8. The highest BCUT2D eigenvalue weighted by atomic mass is 16.5. The van der Waals surface area contributed by atoms with E-state index in [1.807, 2.05) is 6.07 Å². The first-order valence-electron chi connectivity index (χ1n) is 8.99.